The van der Waals surface area contributed by atoms with Gasteiger partial charge in [0.2, 0.25) is 0 Å². The number of aliphatic hydroxyl groups is 1. The summed E-state index contributed by atoms with van der Waals surface area (Å²) in [6.07, 6.45) is -0.236. The van der Waals surface area contributed by atoms with Gasteiger partial charge >= 0.3 is 6.36 Å². The quantitative estimate of drug-likeness (QED) is 0.887. The molecule has 2 rings (SSSR count). The van der Waals surface area contributed by atoms with Crippen molar-refractivity contribution in [2.45, 2.75) is 44.6 Å². The molecule has 1 fully saturated rings. The van der Waals surface area contributed by atoms with Gasteiger partial charge in [0, 0.05) is 0 Å². The van der Waals surface area contributed by atoms with Gasteiger partial charge in [-0.3, -0.25) is 0 Å². The van der Waals surface area contributed by atoms with Crippen LogP contribution in [0.5, 0.6) is 5.75 Å². The first-order valence-corrected chi connectivity index (χ1v) is 6.45. The summed E-state index contributed by atoms with van der Waals surface area (Å²) in [6.45, 7) is 0. The van der Waals surface area contributed by atoms with Gasteiger partial charge in [-0.15, -0.1) is 13.2 Å². The zero-order valence-electron chi connectivity index (χ0n) is 10.5. The van der Waals surface area contributed by atoms with Gasteiger partial charge in [0.15, 0.2) is 0 Å². The Labute approximate surface area is 110 Å². The van der Waals surface area contributed by atoms with Crippen LogP contribution in [0.15, 0.2) is 24.3 Å². The largest absolute Gasteiger partial charge is 0.573 e. The lowest BCUT2D eigenvalue weighted by atomic mass is 9.80. The van der Waals surface area contributed by atoms with E-state index in [4.69, 9.17) is 0 Å². The molecule has 1 atom stereocenters. The van der Waals surface area contributed by atoms with Crippen molar-refractivity contribution >= 4 is 0 Å². The Morgan fingerprint density at radius 1 is 1.21 bits per heavy atom. The Morgan fingerprint density at radius 2 is 1.84 bits per heavy atom. The van der Waals surface area contributed by atoms with Crippen LogP contribution in [0.2, 0.25) is 0 Å². The van der Waals surface area contributed by atoms with Crippen LogP contribution in [0.4, 0.5) is 13.2 Å². The third kappa shape index (κ3) is 4.74. The summed E-state index contributed by atoms with van der Waals surface area (Å²) in [6, 6.07) is 5.67. The summed E-state index contributed by atoms with van der Waals surface area (Å²) in [5, 5.41) is 9.88. The van der Waals surface area contributed by atoms with E-state index in [1.165, 1.54) is 31.4 Å². The van der Waals surface area contributed by atoms with Crippen LogP contribution < -0.4 is 4.74 Å². The van der Waals surface area contributed by atoms with Gasteiger partial charge in [-0.2, -0.15) is 0 Å². The highest BCUT2D eigenvalue weighted by atomic mass is 19.4. The van der Waals surface area contributed by atoms with Crippen molar-refractivity contribution in [1.29, 1.82) is 0 Å². The molecule has 1 unspecified atom stereocenters. The van der Waals surface area contributed by atoms with Crippen LogP contribution in [-0.2, 0) is 6.42 Å². The normalized spacial score (nSPS) is 17.9. The number of ether oxygens (including phenoxy) is 1. The van der Waals surface area contributed by atoms with Gasteiger partial charge < -0.3 is 9.84 Å². The number of hydrogen-bond acceptors (Lipinski definition) is 2. The second-order valence-electron chi connectivity index (χ2n) is 5.08. The molecule has 0 radical (unpaired) electrons. The highest BCUT2D eigenvalue weighted by Crippen LogP contribution is 2.31. The fourth-order valence-corrected chi connectivity index (χ4v) is 2.30. The van der Waals surface area contributed by atoms with Gasteiger partial charge in [-0.25, -0.2) is 0 Å². The lowest BCUT2D eigenvalue weighted by Gasteiger charge is -2.27. The molecule has 1 aromatic carbocycles. The smallest absolute Gasteiger partial charge is 0.406 e. The zero-order chi connectivity index (χ0) is 13.9. The second kappa shape index (κ2) is 5.82. The average Bonchev–Trinajstić information content (AvgIpc) is 2.24. The Hall–Kier alpha value is -1.23. The minimum atomic E-state index is -4.66. The van der Waals surface area contributed by atoms with Gasteiger partial charge in [-0.05, 0) is 36.5 Å². The van der Waals surface area contributed by atoms with E-state index in [2.05, 4.69) is 4.74 Å². The van der Waals surface area contributed by atoms with Gasteiger partial charge in [0.1, 0.15) is 5.75 Å². The molecule has 0 spiro atoms. The van der Waals surface area contributed by atoms with Crippen molar-refractivity contribution in [2.24, 2.45) is 5.92 Å². The van der Waals surface area contributed by atoms with Crippen molar-refractivity contribution in [1.82, 2.24) is 0 Å². The van der Waals surface area contributed by atoms with Crippen molar-refractivity contribution in [3.05, 3.63) is 29.8 Å². The molecule has 0 aliphatic heterocycles. The summed E-state index contributed by atoms with van der Waals surface area (Å²) in [4.78, 5) is 0. The maximum atomic E-state index is 12.0. The van der Waals surface area contributed by atoms with E-state index >= 15 is 0 Å². The van der Waals surface area contributed by atoms with Crippen LogP contribution >= 0.6 is 0 Å². The topological polar surface area (TPSA) is 29.5 Å². The number of halogens is 3. The minimum Gasteiger partial charge on any atom is -0.406 e. The Bertz CT molecular complexity index is 396. The van der Waals surface area contributed by atoms with Crippen LogP contribution in [0.25, 0.3) is 0 Å². The first kappa shape index (κ1) is 14.2. The first-order valence-electron chi connectivity index (χ1n) is 6.45. The first-order chi connectivity index (χ1) is 8.92. The fourth-order valence-electron chi connectivity index (χ4n) is 2.30. The van der Waals surface area contributed by atoms with E-state index in [0.717, 1.165) is 12.0 Å². The van der Waals surface area contributed by atoms with E-state index < -0.39 is 12.5 Å². The molecule has 19 heavy (non-hydrogen) atoms. The Balaban J connectivity index is 1.83. The van der Waals surface area contributed by atoms with E-state index in [9.17, 15) is 18.3 Å². The van der Waals surface area contributed by atoms with Crippen molar-refractivity contribution in [2.75, 3.05) is 0 Å². The van der Waals surface area contributed by atoms with Crippen LogP contribution in [0.1, 0.15) is 31.2 Å². The average molecular weight is 274 g/mol. The molecule has 106 valence electrons. The second-order valence-corrected chi connectivity index (χ2v) is 5.08. The maximum Gasteiger partial charge on any atom is 0.573 e. The number of benzene rings is 1. The number of rotatable bonds is 5. The summed E-state index contributed by atoms with van der Waals surface area (Å²) in [7, 11) is 0. The number of alkyl halides is 3. The van der Waals surface area contributed by atoms with E-state index in [-0.39, 0.29) is 5.75 Å². The SMILES string of the molecule is OC(Cc1ccc(OC(F)(F)F)cc1)CC1CCC1. The molecular weight excluding hydrogens is 257 g/mol. The van der Waals surface area contributed by atoms with Crippen LogP contribution in [-0.4, -0.2) is 17.6 Å². The summed E-state index contributed by atoms with van der Waals surface area (Å²) >= 11 is 0. The molecule has 1 N–H and O–H groups in total. The minimum absolute atomic E-state index is 0.232. The van der Waals surface area contributed by atoms with Gasteiger partial charge in [-0.1, -0.05) is 31.4 Å². The molecule has 1 saturated carbocycles. The molecule has 0 saturated heterocycles. The summed E-state index contributed by atoms with van der Waals surface area (Å²) < 4.78 is 39.7. The molecule has 0 heterocycles. The summed E-state index contributed by atoms with van der Waals surface area (Å²) in [5.74, 6) is 0.382. The molecule has 0 bridgehead atoms. The highest BCUT2D eigenvalue weighted by Gasteiger charge is 2.31. The van der Waals surface area contributed by atoms with Crippen LogP contribution in [0.3, 0.4) is 0 Å². The van der Waals surface area contributed by atoms with Gasteiger partial charge in [0.25, 0.3) is 0 Å². The predicted octanol–water partition coefficient (Wildman–Crippen LogP) is 3.68. The fraction of sp³-hybridized carbons (Fsp3) is 0.571. The molecule has 1 aromatic rings. The lowest BCUT2D eigenvalue weighted by molar-refractivity contribution is -0.274. The van der Waals surface area contributed by atoms with Crippen molar-refractivity contribution < 1.29 is 23.0 Å². The summed E-state index contributed by atoms with van der Waals surface area (Å²) in [5.41, 5.74) is 0.821. The zero-order valence-corrected chi connectivity index (χ0v) is 10.5. The molecule has 1 aliphatic carbocycles. The predicted molar refractivity (Wildman–Crippen MR) is 64.8 cm³/mol. The van der Waals surface area contributed by atoms with E-state index in [0.29, 0.717) is 12.3 Å². The van der Waals surface area contributed by atoms with E-state index in [1.807, 2.05) is 0 Å². The van der Waals surface area contributed by atoms with E-state index in [1.54, 1.807) is 12.1 Å². The number of hydrogen-bond donors (Lipinski definition) is 1. The highest BCUT2D eigenvalue weighted by molar-refractivity contribution is 5.27. The molecular formula is C14H17F3O2. The Kier molecular flexibility index (Phi) is 4.34. The molecule has 2 nitrogen and oxygen atoms in total. The molecule has 1 aliphatic rings. The van der Waals surface area contributed by atoms with Crippen molar-refractivity contribution in [3.63, 3.8) is 0 Å². The third-order valence-corrected chi connectivity index (χ3v) is 3.46. The van der Waals surface area contributed by atoms with Crippen molar-refractivity contribution in [3.8, 4) is 5.75 Å². The molecule has 0 amide bonds. The Morgan fingerprint density at radius 3 is 2.32 bits per heavy atom. The molecule has 0 aromatic heterocycles. The van der Waals surface area contributed by atoms with Crippen LogP contribution in [0, 0.1) is 5.92 Å². The molecule has 5 heteroatoms. The third-order valence-electron chi connectivity index (χ3n) is 3.46. The number of aliphatic hydroxyl groups excluding tert-OH is 1. The van der Waals surface area contributed by atoms with Gasteiger partial charge in [0.05, 0.1) is 6.10 Å². The lowest BCUT2D eigenvalue weighted by Crippen LogP contribution is -2.21. The standard InChI is InChI=1S/C14H17F3O2/c15-14(16,17)19-13-6-4-11(5-7-13)9-12(18)8-10-2-1-3-10/h4-7,10,12,18H,1-3,8-9H2. The monoisotopic (exact) mass is 274 g/mol. The maximum absolute atomic E-state index is 12.0.